The lowest BCUT2D eigenvalue weighted by atomic mass is 9.46. The molecule has 6 aromatic rings. The van der Waals surface area contributed by atoms with Gasteiger partial charge in [0.05, 0.1) is 55.0 Å². The molecule has 0 radical (unpaired) electrons. The maximum atomic E-state index is 13.3. The molecule has 1 aromatic heterocycles. The summed E-state index contributed by atoms with van der Waals surface area (Å²) in [4.78, 5) is 74.9. The Morgan fingerprint density at radius 2 is 1.04 bits per heavy atom. The Morgan fingerprint density at radius 3 is 1.53 bits per heavy atom. The van der Waals surface area contributed by atoms with Crippen molar-refractivity contribution >= 4 is 76.6 Å². The minimum absolute atomic E-state index is 0.00100. The van der Waals surface area contributed by atoms with Crippen LogP contribution in [0.5, 0.6) is 17.2 Å². The van der Waals surface area contributed by atoms with Crippen molar-refractivity contribution in [3.8, 4) is 22.1 Å². The van der Waals surface area contributed by atoms with Crippen molar-refractivity contribution < 1.29 is 97.9 Å². The van der Waals surface area contributed by atoms with Crippen LogP contribution in [0.15, 0.2) is 127 Å². The van der Waals surface area contributed by atoms with Crippen LogP contribution in [-0.4, -0.2) is 113 Å². The van der Waals surface area contributed by atoms with E-state index in [4.69, 9.17) is 38.3 Å². The Morgan fingerprint density at radius 1 is 0.567 bits per heavy atom. The second kappa shape index (κ2) is 37.1. The summed E-state index contributed by atoms with van der Waals surface area (Å²) in [5.74, 6) is 0.607. The van der Waals surface area contributed by atoms with Crippen molar-refractivity contribution in [3.63, 3.8) is 0 Å². The maximum absolute atomic E-state index is 13.3. The molecule has 4 heterocycles. The number of hydrogen-bond acceptors (Lipinski definition) is 18. The van der Waals surface area contributed by atoms with E-state index in [1.54, 1.807) is 26.0 Å². The third kappa shape index (κ3) is 21.9. The summed E-state index contributed by atoms with van der Waals surface area (Å²) < 4.78 is 120. The minimum Gasteiger partial charge on any atom is -0.748 e. The highest BCUT2D eigenvalue weighted by molar-refractivity contribution is 7.85. The number of alkyl halides is 3. The maximum Gasteiger partial charge on any atom is 0.426 e. The summed E-state index contributed by atoms with van der Waals surface area (Å²) in [6.07, 6.45) is 6.91. The fraction of sp³-hybridized carbons (Fsp3) is 0.629. The van der Waals surface area contributed by atoms with Gasteiger partial charge in [-0.2, -0.15) is 13.2 Å². The first-order valence-electron chi connectivity index (χ1n) is 43.5. The Bertz CT molecular complexity index is 4570. The van der Waals surface area contributed by atoms with Gasteiger partial charge in [0, 0.05) is 33.1 Å². The van der Waals surface area contributed by atoms with Crippen LogP contribution in [0.1, 0.15) is 265 Å². The summed E-state index contributed by atoms with van der Waals surface area (Å²) in [6.45, 7) is 37.9. The van der Waals surface area contributed by atoms with Crippen LogP contribution in [0.2, 0.25) is 0 Å². The number of halogens is 3. The van der Waals surface area contributed by atoms with Gasteiger partial charge in [-0.3, -0.25) is 28.8 Å². The summed E-state index contributed by atoms with van der Waals surface area (Å²) in [7, 11) is -5.21. The second-order valence-corrected chi connectivity index (χ2v) is 42.8. The van der Waals surface area contributed by atoms with E-state index in [0.29, 0.717) is 56.6 Å². The van der Waals surface area contributed by atoms with Crippen molar-refractivity contribution in [2.24, 2.45) is 68.0 Å². The molecule has 9 atom stereocenters. The molecule has 0 amide bonds. The van der Waals surface area contributed by atoms with Gasteiger partial charge >= 0.3 is 42.0 Å². The van der Waals surface area contributed by atoms with Gasteiger partial charge in [-0.25, -0.2) is 8.42 Å². The zero-order valence-electron chi connectivity index (χ0n) is 74.0. The highest BCUT2D eigenvalue weighted by Gasteiger charge is 2.67. The summed E-state index contributed by atoms with van der Waals surface area (Å²) >= 11 is 0. The number of esters is 6. The first kappa shape index (κ1) is 94.6. The monoisotopic (exact) mass is 1700 g/mol. The topological polar surface area (TPSA) is 254 Å². The summed E-state index contributed by atoms with van der Waals surface area (Å²) in [5.41, 5.74) is -3.04. The van der Waals surface area contributed by atoms with Gasteiger partial charge in [-0.15, -0.1) is 0 Å². The predicted molar refractivity (Wildman–Crippen MR) is 459 cm³/mol. The standard InChI is InChI=1S/C20H29F3O7S.C19H32O2.C18H13S.C15H24O.C13H18O5.C12H16O3/c1-4-17(2,3)15(24)30-19-8-12-5-13(9-19)7-18(6-12,11-19)16(25)29-14(20(21,22)23)10-31(26,27)28;1-6-17(2,3)16(20)21-18(4,5)19-10-13-7-14(11-19)9-15(8-13)12-19;1-2-8-14(9-3-1)19-17-12-6-4-10-15(17)16-11-5-7-13-18(16)19;1-6-12(3)13-8-10-14(11-9-13)16-15(4,5)7-2;1-4-13(2,3)12(15)18-9-7-5-6-8(16-7)10(9)17-11(6)14;1-4-12(2,3)11(14)15-10-7-5-9(13)6-8-10/h12-14H,4-11H2,1-3H3,(H,26,27,28);13-15H,6-12H2,1-5H3;1-13H;8-12H,6-7H2,1-5H3;6-10H,4-5H2,1-3H3;5-8,13H,4H2,1-3H3/q;;+1;;;/p-1. The van der Waals surface area contributed by atoms with Crippen LogP contribution < -0.4 is 9.47 Å². The number of phenols is 1. The molecule has 9 unspecified atom stereocenters. The first-order valence-corrected chi connectivity index (χ1v) is 46.3. The molecule has 660 valence electrons. The van der Waals surface area contributed by atoms with Crippen molar-refractivity contribution in [2.75, 3.05) is 5.75 Å². The number of phenolic OH excluding ortho intramolecular Hbond substituents is 1. The highest BCUT2D eigenvalue weighted by Crippen LogP contribution is 2.66. The SMILES string of the molecule is CCC(C)(C)C(=O)OC(C)(C)C12CC3CC(CC(C3)C1)C2.CCC(C)(C)C(=O)OC12CC3CC(C1)CC(C(=O)OC(CS(=O)(=O)[O-])C(F)(F)F)(C3)C2.CCC(C)(C)C(=O)OC1C2CC3C(=O)OC1C3O2.CCC(C)(C)C(=O)Oc1ccc(O)cc1.CCC(C)c1ccc(OC(C)(C)CC)cc1.c1ccc(-[s+]2c3ccccc3c3ccccc32)cc1. The van der Waals surface area contributed by atoms with E-state index in [-0.39, 0.29) is 98.5 Å². The van der Waals surface area contributed by atoms with Crippen molar-refractivity contribution in [1.82, 2.24) is 0 Å². The smallest absolute Gasteiger partial charge is 0.426 e. The van der Waals surface area contributed by atoms with Gasteiger partial charge in [0.2, 0.25) is 6.10 Å². The molecular weight excluding hydrogens is 1570 g/mol. The average Bonchev–Trinajstić information content (AvgIpc) is 1.06. The summed E-state index contributed by atoms with van der Waals surface area (Å²) in [6, 6.07) is 43.0. The normalized spacial score (nSPS) is 26.6. The lowest BCUT2D eigenvalue weighted by Crippen LogP contribution is -2.61. The van der Waals surface area contributed by atoms with Crippen LogP contribution in [0.3, 0.4) is 0 Å². The zero-order valence-corrected chi connectivity index (χ0v) is 75.7. The lowest BCUT2D eigenvalue weighted by molar-refractivity contribution is -0.239. The zero-order chi connectivity index (χ0) is 88.3. The van der Waals surface area contributed by atoms with E-state index in [1.807, 2.05) is 62.3 Å². The van der Waals surface area contributed by atoms with Crippen molar-refractivity contribution in [3.05, 3.63) is 133 Å². The van der Waals surface area contributed by atoms with Crippen molar-refractivity contribution in [2.45, 2.75) is 313 Å². The molecule has 23 heteroatoms. The number of ether oxygens (including phenoxy) is 8. The number of carbonyl (C=O) groups is 6. The number of thiophene rings is 1. The van der Waals surface area contributed by atoms with E-state index < -0.39 is 79.6 Å². The fourth-order valence-electron chi connectivity index (χ4n) is 19.0. The lowest BCUT2D eigenvalue weighted by Gasteiger charge is -2.61. The van der Waals surface area contributed by atoms with Crippen molar-refractivity contribution in [1.29, 1.82) is 0 Å². The number of fused-ring (bicyclic) bond motifs is 4. The molecule has 18 nitrogen and oxygen atoms in total. The van der Waals surface area contributed by atoms with E-state index in [0.717, 1.165) is 49.2 Å². The van der Waals surface area contributed by atoms with Gasteiger partial charge in [-0.05, 0) is 313 Å². The quantitative estimate of drug-likeness (QED) is 0.0206. The molecule has 11 fully saturated rings. The van der Waals surface area contributed by atoms with Gasteiger partial charge in [0.15, 0.2) is 26.5 Å². The molecule has 17 rings (SSSR count). The molecule has 11 aliphatic rings. The molecule has 8 saturated carbocycles. The minimum atomic E-state index is -5.27. The van der Waals surface area contributed by atoms with E-state index >= 15 is 0 Å². The third-order valence-electron chi connectivity index (χ3n) is 28.0. The molecule has 120 heavy (non-hydrogen) atoms. The van der Waals surface area contributed by atoms with E-state index in [9.17, 15) is 54.9 Å². The van der Waals surface area contributed by atoms with Crippen LogP contribution >= 0.6 is 10.5 Å². The molecule has 0 spiro atoms. The molecule has 3 saturated heterocycles. The molecule has 1 N–H and O–H groups in total. The van der Waals surface area contributed by atoms with Crippen LogP contribution in [0, 0.1) is 68.0 Å². The fourth-order valence-corrected chi connectivity index (χ4v) is 22.0. The predicted octanol–water partition coefficient (Wildman–Crippen LogP) is 22.6. The largest absolute Gasteiger partial charge is 0.748 e. The number of rotatable bonds is 23. The van der Waals surface area contributed by atoms with Gasteiger partial charge < -0.3 is 47.6 Å². The molecule has 8 aliphatic carbocycles. The Labute approximate surface area is 712 Å². The molecular formula is C97H131F3O18S2. The second-order valence-electron chi connectivity index (χ2n) is 39.4. The Hall–Kier alpha value is -7.60. The van der Waals surface area contributed by atoms with Gasteiger partial charge in [0.1, 0.15) is 40.2 Å². The third-order valence-corrected chi connectivity index (χ3v) is 31.0. The van der Waals surface area contributed by atoms with E-state index in [2.05, 4.69) is 163 Å². The van der Waals surface area contributed by atoms with Gasteiger partial charge in [0.25, 0.3) is 0 Å². The number of hydrogen-bond donors (Lipinski definition) is 1. The van der Waals surface area contributed by atoms with Gasteiger partial charge in [-0.1, -0.05) is 103 Å². The Balaban J connectivity index is 0.000000154. The highest BCUT2D eigenvalue weighted by atomic mass is 32.2. The number of carbonyl (C=O) groups excluding carboxylic acids is 6. The van der Waals surface area contributed by atoms with Crippen LogP contribution in [0.25, 0.3) is 25.1 Å². The number of benzene rings is 5. The first-order chi connectivity index (χ1) is 56.0. The Kier molecular flexibility index (Phi) is 29.2. The number of aromatic hydroxyl groups is 1. The summed E-state index contributed by atoms with van der Waals surface area (Å²) in [5, 5.41) is 11.8. The van der Waals surface area contributed by atoms with E-state index in [1.165, 1.54) is 87.7 Å². The molecule has 10 bridgehead atoms. The average molecular weight is 1710 g/mol. The van der Waals surface area contributed by atoms with Crippen LogP contribution in [-0.2, 0) is 67.3 Å². The van der Waals surface area contributed by atoms with Crippen LogP contribution in [0.4, 0.5) is 13.2 Å². The molecule has 5 aromatic carbocycles. The molecule has 3 aliphatic heterocycles.